The van der Waals surface area contributed by atoms with E-state index in [9.17, 15) is 4.79 Å². The number of carbonyl (C=O) groups excluding carboxylic acids is 1. The molecule has 0 N–H and O–H groups in total. The molecule has 0 amide bonds. The summed E-state index contributed by atoms with van der Waals surface area (Å²) < 4.78 is 0. The first-order chi connectivity index (χ1) is 8.53. The van der Waals surface area contributed by atoms with Crippen molar-refractivity contribution in [2.24, 2.45) is 11.3 Å². The van der Waals surface area contributed by atoms with E-state index in [1.165, 1.54) is 17.5 Å². The van der Waals surface area contributed by atoms with Crippen LogP contribution in [-0.4, -0.2) is 5.78 Å². The summed E-state index contributed by atoms with van der Waals surface area (Å²) in [5.41, 5.74) is 2.62. The third kappa shape index (κ3) is 2.82. The minimum Gasteiger partial charge on any atom is -0.299 e. The summed E-state index contributed by atoms with van der Waals surface area (Å²) in [6.07, 6.45) is 5.37. The molecular formula is C17H24O. The Bertz CT molecular complexity index is 414. The number of aryl methyl sites for hydroxylation is 1. The van der Waals surface area contributed by atoms with Crippen LogP contribution in [0.5, 0.6) is 0 Å². The molecule has 1 saturated carbocycles. The van der Waals surface area contributed by atoms with E-state index in [1.807, 2.05) is 0 Å². The number of carbonyl (C=O) groups is 1. The monoisotopic (exact) mass is 244 g/mol. The molecule has 1 nitrogen and oxygen atoms in total. The van der Waals surface area contributed by atoms with Crippen molar-refractivity contribution in [1.82, 2.24) is 0 Å². The minimum absolute atomic E-state index is 0.0905. The lowest BCUT2D eigenvalue weighted by Gasteiger charge is -2.16. The molecule has 0 spiro atoms. The summed E-state index contributed by atoms with van der Waals surface area (Å²) >= 11 is 0. The second kappa shape index (κ2) is 5.26. The molecule has 1 fully saturated rings. The van der Waals surface area contributed by atoms with E-state index in [0.717, 1.165) is 25.7 Å². The molecule has 0 aromatic heterocycles. The summed E-state index contributed by atoms with van der Waals surface area (Å²) in [5.74, 6) is 0.706. The van der Waals surface area contributed by atoms with Crippen LogP contribution in [0.2, 0.25) is 0 Å². The lowest BCUT2D eigenvalue weighted by atomic mass is 9.87. The number of ketones is 1. The second-order valence-corrected chi connectivity index (χ2v) is 6.25. The Morgan fingerprint density at radius 1 is 1.17 bits per heavy atom. The quantitative estimate of drug-likeness (QED) is 0.776. The van der Waals surface area contributed by atoms with Crippen LogP contribution in [0.4, 0.5) is 0 Å². The van der Waals surface area contributed by atoms with Gasteiger partial charge in [0.1, 0.15) is 5.78 Å². The molecule has 1 atom stereocenters. The van der Waals surface area contributed by atoms with Crippen molar-refractivity contribution >= 4 is 5.78 Å². The van der Waals surface area contributed by atoms with Crippen molar-refractivity contribution in [3.8, 4) is 0 Å². The van der Waals surface area contributed by atoms with Gasteiger partial charge >= 0.3 is 0 Å². The van der Waals surface area contributed by atoms with Crippen molar-refractivity contribution in [2.75, 3.05) is 0 Å². The Labute approximate surface area is 111 Å². The average molecular weight is 244 g/mol. The van der Waals surface area contributed by atoms with Crippen molar-refractivity contribution in [3.63, 3.8) is 0 Å². The molecule has 98 valence electrons. The predicted octanol–water partition coefficient (Wildman–Crippen LogP) is 4.19. The number of rotatable bonds is 4. The fourth-order valence-electron chi connectivity index (χ4n) is 2.95. The summed E-state index contributed by atoms with van der Waals surface area (Å²) in [7, 11) is 0. The zero-order valence-electron chi connectivity index (χ0n) is 11.8. The van der Waals surface area contributed by atoms with Crippen LogP contribution < -0.4 is 0 Å². The zero-order valence-corrected chi connectivity index (χ0v) is 11.8. The van der Waals surface area contributed by atoms with Gasteiger partial charge in [0.05, 0.1) is 0 Å². The Morgan fingerprint density at radius 2 is 1.78 bits per heavy atom. The predicted molar refractivity (Wildman–Crippen MR) is 75.7 cm³/mol. The highest BCUT2D eigenvalue weighted by Crippen LogP contribution is 2.38. The maximum Gasteiger partial charge on any atom is 0.141 e. The van der Waals surface area contributed by atoms with Crippen LogP contribution in [0.15, 0.2) is 24.3 Å². The van der Waals surface area contributed by atoms with Crippen LogP contribution in [-0.2, 0) is 17.6 Å². The Balaban J connectivity index is 2.00. The third-order valence-electron chi connectivity index (χ3n) is 4.20. The van der Waals surface area contributed by atoms with Gasteiger partial charge in [0.2, 0.25) is 0 Å². The van der Waals surface area contributed by atoms with E-state index >= 15 is 0 Å². The first kappa shape index (κ1) is 13.3. The molecule has 0 bridgehead atoms. The summed E-state index contributed by atoms with van der Waals surface area (Å²) in [4.78, 5) is 12.2. The second-order valence-electron chi connectivity index (χ2n) is 6.25. The third-order valence-corrected chi connectivity index (χ3v) is 4.20. The SMILES string of the molecule is CCCc1ccc(CC2CCC(C)(C)C2=O)cc1. The van der Waals surface area contributed by atoms with Crippen LogP contribution >= 0.6 is 0 Å². The van der Waals surface area contributed by atoms with Crippen LogP contribution in [0.25, 0.3) is 0 Å². The first-order valence-electron chi connectivity index (χ1n) is 7.15. The molecule has 1 aromatic rings. The van der Waals surface area contributed by atoms with Gasteiger partial charge in [-0.1, -0.05) is 51.5 Å². The number of hydrogen-bond donors (Lipinski definition) is 0. The molecule has 1 aliphatic rings. The van der Waals surface area contributed by atoms with Crippen molar-refractivity contribution in [1.29, 1.82) is 0 Å². The van der Waals surface area contributed by atoms with Crippen molar-refractivity contribution in [2.45, 2.75) is 52.9 Å². The standard InChI is InChI=1S/C17H24O/c1-4-5-13-6-8-14(9-7-13)12-15-10-11-17(2,3)16(15)18/h6-9,15H,4-5,10-12H2,1-3H3. The normalized spacial score (nSPS) is 22.4. The number of hydrogen-bond acceptors (Lipinski definition) is 1. The fourth-order valence-corrected chi connectivity index (χ4v) is 2.95. The van der Waals surface area contributed by atoms with Gasteiger partial charge in [0, 0.05) is 11.3 Å². The highest BCUT2D eigenvalue weighted by Gasteiger charge is 2.39. The molecule has 0 aliphatic heterocycles. The zero-order chi connectivity index (χ0) is 13.2. The maximum atomic E-state index is 12.2. The minimum atomic E-state index is -0.0905. The molecule has 1 heteroatoms. The van der Waals surface area contributed by atoms with Gasteiger partial charge in [-0.25, -0.2) is 0 Å². The van der Waals surface area contributed by atoms with Gasteiger partial charge in [0.25, 0.3) is 0 Å². The molecule has 1 aliphatic carbocycles. The van der Waals surface area contributed by atoms with Gasteiger partial charge in [-0.2, -0.15) is 0 Å². The Morgan fingerprint density at radius 3 is 2.28 bits per heavy atom. The summed E-state index contributed by atoms with van der Waals surface area (Å²) in [5, 5.41) is 0. The highest BCUT2D eigenvalue weighted by molar-refractivity contribution is 5.88. The van der Waals surface area contributed by atoms with Crippen molar-refractivity contribution in [3.05, 3.63) is 35.4 Å². The van der Waals surface area contributed by atoms with E-state index in [2.05, 4.69) is 45.0 Å². The first-order valence-corrected chi connectivity index (χ1v) is 7.15. The van der Waals surface area contributed by atoms with E-state index in [0.29, 0.717) is 5.78 Å². The Kier molecular flexibility index (Phi) is 3.89. The summed E-state index contributed by atoms with van der Waals surface area (Å²) in [6, 6.07) is 8.82. The largest absolute Gasteiger partial charge is 0.299 e. The van der Waals surface area contributed by atoms with Crippen LogP contribution in [0.3, 0.4) is 0 Å². The van der Waals surface area contributed by atoms with Gasteiger partial charge in [0.15, 0.2) is 0 Å². The van der Waals surface area contributed by atoms with Crippen molar-refractivity contribution < 1.29 is 4.79 Å². The topological polar surface area (TPSA) is 17.1 Å². The van der Waals surface area contributed by atoms with E-state index in [4.69, 9.17) is 0 Å². The number of benzene rings is 1. The smallest absolute Gasteiger partial charge is 0.141 e. The van der Waals surface area contributed by atoms with Gasteiger partial charge < -0.3 is 0 Å². The maximum absolute atomic E-state index is 12.2. The van der Waals surface area contributed by atoms with Crippen LogP contribution in [0.1, 0.15) is 51.2 Å². The van der Waals surface area contributed by atoms with Crippen LogP contribution in [0, 0.1) is 11.3 Å². The molecule has 0 radical (unpaired) electrons. The van der Waals surface area contributed by atoms with E-state index in [1.54, 1.807) is 0 Å². The van der Waals surface area contributed by atoms with E-state index < -0.39 is 0 Å². The Hall–Kier alpha value is -1.11. The highest BCUT2D eigenvalue weighted by atomic mass is 16.1. The van der Waals surface area contributed by atoms with Gasteiger partial charge in [-0.3, -0.25) is 4.79 Å². The molecule has 18 heavy (non-hydrogen) atoms. The van der Waals surface area contributed by atoms with Gasteiger partial charge in [-0.15, -0.1) is 0 Å². The lowest BCUT2D eigenvalue weighted by molar-refractivity contribution is -0.127. The average Bonchev–Trinajstić information content (AvgIpc) is 2.59. The van der Waals surface area contributed by atoms with Gasteiger partial charge in [-0.05, 0) is 36.8 Å². The molecular weight excluding hydrogens is 220 g/mol. The summed E-state index contributed by atoms with van der Waals surface area (Å²) in [6.45, 7) is 6.37. The molecule has 2 rings (SSSR count). The molecule has 0 heterocycles. The number of Topliss-reactive ketones (excluding diaryl/α,β-unsaturated/α-hetero) is 1. The molecule has 1 aromatic carbocycles. The fraction of sp³-hybridized carbons (Fsp3) is 0.588. The lowest BCUT2D eigenvalue weighted by Crippen LogP contribution is -2.22. The molecule has 0 saturated heterocycles. The van der Waals surface area contributed by atoms with E-state index in [-0.39, 0.29) is 11.3 Å². The molecule has 1 unspecified atom stereocenters.